The molecule has 3 aromatic carbocycles. The molecular weight excluding hydrogens is 835 g/mol. The predicted octanol–water partition coefficient (Wildman–Crippen LogP) is 7.42. The second kappa shape index (κ2) is 15.0. The Kier molecular flexibility index (Phi) is 9.55. The highest BCUT2D eigenvalue weighted by atomic mass is 31.2. The molecule has 0 bridgehead atoms. The van der Waals surface area contributed by atoms with Gasteiger partial charge in [0.25, 0.3) is 5.91 Å². The summed E-state index contributed by atoms with van der Waals surface area (Å²) in [5.41, 5.74) is 4.84. The summed E-state index contributed by atoms with van der Waals surface area (Å²) in [4.78, 5) is 47.2. The van der Waals surface area contributed by atoms with Crippen molar-refractivity contribution in [2.45, 2.75) is 83.7 Å². The van der Waals surface area contributed by atoms with Crippen molar-refractivity contribution in [3.63, 3.8) is 0 Å². The van der Waals surface area contributed by atoms with E-state index >= 15 is 9.18 Å². The number of amides is 1. The molecule has 1 aliphatic carbocycles. The molecule has 3 aliphatic heterocycles. The molecule has 2 saturated heterocycles. The number of rotatable bonds is 8. The smallest absolute Gasteiger partial charge is 0.381 e. The minimum Gasteiger partial charge on any atom is -0.381 e. The molecule has 330 valence electrons. The van der Waals surface area contributed by atoms with E-state index in [0.717, 1.165) is 47.6 Å². The predicted molar refractivity (Wildman–Crippen MR) is 240 cm³/mol. The first kappa shape index (κ1) is 40.7. The van der Waals surface area contributed by atoms with Gasteiger partial charge < -0.3 is 18.8 Å². The van der Waals surface area contributed by atoms with E-state index < -0.39 is 24.5 Å². The van der Waals surface area contributed by atoms with E-state index in [4.69, 9.17) is 14.4 Å². The fourth-order valence-corrected chi connectivity index (χ4v) is 13.8. The largest absolute Gasteiger partial charge is 0.438 e. The number of ether oxygens (including phenoxy) is 1. The molecule has 3 atom stereocenters. The minimum atomic E-state index is -2.42. The SMILES string of the molecule is Cc1cc(-n2nc3c(c2-n2ccn(-c4ccc(P5(=O)CCCC5)cc4)c2=O)C(C)N(C(=O)c2cc4cc(C5CCOCC5)ccc4n2C2(c4noc(=O)[nH]4)CC2C)CC3)cc(C)c1F. The van der Waals surface area contributed by atoms with Gasteiger partial charge in [-0.15, -0.1) is 0 Å². The number of aromatic nitrogens is 7. The Labute approximate surface area is 368 Å². The van der Waals surface area contributed by atoms with Gasteiger partial charge >= 0.3 is 11.4 Å². The first-order valence-electron chi connectivity index (χ1n) is 22.4. The summed E-state index contributed by atoms with van der Waals surface area (Å²) in [5.74, 6) is 0.00777. The van der Waals surface area contributed by atoms with E-state index in [1.165, 1.54) is 5.56 Å². The average Bonchev–Trinajstić information content (AvgIpc) is 3.96. The lowest BCUT2D eigenvalue weighted by Gasteiger charge is -2.34. The van der Waals surface area contributed by atoms with Crippen molar-refractivity contribution in [2.75, 3.05) is 32.1 Å². The Hall–Kier alpha value is -6.05. The molecule has 0 radical (unpaired) electrons. The van der Waals surface area contributed by atoms with E-state index in [2.05, 4.69) is 35.3 Å². The Morgan fingerprint density at radius 1 is 0.922 bits per heavy atom. The van der Waals surface area contributed by atoms with Crippen LogP contribution < -0.4 is 16.8 Å². The van der Waals surface area contributed by atoms with Crippen molar-refractivity contribution < 1.29 is 23.0 Å². The van der Waals surface area contributed by atoms with Gasteiger partial charge in [0.1, 0.15) is 30.0 Å². The molecule has 1 N–H and O–H groups in total. The number of H-pyrrole nitrogens is 1. The molecule has 7 aromatic rings. The molecule has 3 fully saturated rings. The molecule has 64 heavy (non-hydrogen) atoms. The first-order valence-corrected chi connectivity index (χ1v) is 24.4. The molecule has 7 heterocycles. The van der Waals surface area contributed by atoms with Crippen LogP contribution in [-0.2, 0) is 21.3 Å². The van der Waals surface area contributed by atoms with Gasteiger partial charge in [-0.3, -0.25) is 23.4 Å². The van der Waals surface area contributed by atoms with Crippen molar-refractivity contribution in [1.82, 2.24) is 38.5 Å². The third-order valence-electron chi connectivity index (χ3n) is 14.5. The maximum Gasteiger partial charge on any atom is 0.438 e. The lowest BCUT2D eigenvalue weighted by Crippen LogP contribution is -2.41. The van der Waals surface area contributed by atoms with Gasteiger partial charge in [0.15, 0.2) is 5.82 Å². The van der Waals surface area contributed by atoms with Crippen LogP contribution in [0.15, 0.2) is 87.2 Å². The number of nitrogens with one attached hydrogen (secondary N) is 1. The van der Waals surface area contributed by atoms with E-state index in [1.807, 2.05) is 46.7 Å². The summed E-state index contributed by atoms with van der Waals surface area (Å²) in [5, 5.41) is 11.0. The fraction of sp³-hybridized carbons (Fsp3) is 0.396. The Morgan fingerprint density at radius 3 is 2.30 bits per heavy atom. The van der Waals surface area contributed by atoms with E-state index in [1.54, 1.807) is 52.2 Å². The fourth-order valence-electron chi connectivity index (χ4n) is 10.9. The highest BCUT2D eigenvalue weighted by Crippen LogP contribution is 2.56. The van der Waals surface area contributed by atoms with Crippen LogP contribution in [0.5, 0.6) is 0 Å². The minimum absolute atomic E-state index is 0.0290. The molecule has 1 saturated carbocycles. The highest BCUT2D eigenvalue weighted by molar-refractivity contribution is 7.71. The third kappa shape index (κ3) is 6.29. The van der Waals surface area contributed by atoms with Crippen LogP contribution >= 0.6 is 7.14 Å². The molecule has 3 unspecified atom stereocenters. The van der Waals surface area contributed by atoms with Gasteiger partial charge in [-0.1, -0.05) is 18.1 Å². The topological polar surface area (TPSA) is 155 Å². The molecule has 0 spiro atoms. The van der Waals surface area contributed by atoms with Crippen LogP contribution in [-0.4, -0.2) is 76.5 Å². The van der Waals surface area contributed by atoms with E-state index in [-0.39, 0.29) is 23.3 Å². The van der Waals surface area contributed by atoms with Gasteiger partial charge in [-0.25, -0.2) is 18.7 Å². The van der Waals surface area contributed by atoms with Crippen LogP contribution in [0.1, 0.15) is 102 Å². The zero-order valence-electron chi connectivity index (χ0n) is 36.3. The van der Waals surface area contributed by atoms with Crippen molar-refractivity contribution in [3.8, 4) is 17.2 Å². The summed E-state index contributed by atoms with van der Waals surface area (Å²) in [6.45, 7) is 9.20. The number of aryl methyl sites for hydroxylation is 2. The lowest BCUT2D eigenvalue weighted by atomic mass is 9.91. The Bertz CT molecular complexity index is 3150. The van der Waals surface area contributed by atoms with Gasteiger partial charge in [0.2, 0.25) is 0 Å². The first-order chi connectivity index (χ1) is 30.9. The summed E-state index contributed by atoms with van der Waals surface area (Å²) in [6.07, 6.45) is 9.60. The normalized spacial score (nSPS) is 22.0. The molecule has 1 amide bonds. The molecular formula is C48H50FN8O6P. The van der Waals surface area contributed by atoms with Gasteiger partial charge in [0.05, 0.1) is 23.1 Å². The van der Waals surface area contributed by atoms with E-state index in [9.17, 15) is 14.2 Å². The second-order valence-corrected chi connectivity index (χ2v) is 21.5. The molecule has 4 aromatic heterocycles. The van der Waals surface area contributed by atoms with Crippen molar-refractivity contribution >= 4 is 29.3 Å². The lowest BCUT2D eigenvalue weighted by molar-refractivity contribution is 0.0663. The molecule has 4 aliphatic rings. The highest BCUT2D eigenvalue weighted by Gasteiger charge is 2.59. The Morgan fingerprint density at radius 2 is 1.62 bits per heavy atom. The summed E-state index contributed by atoms with van der Waals surface area (Å²) < 4.78 is 46.2. The third-order valence-corrected chi connectivity index (χ3v) is 17.8. The number of carbonyl (C=O) groups is 1. The molecule has 11 rings (SSSR count). The van der Waals surface area contributed by atoms with Crippen LogP contribution in [0.2, 0.25) is 0 Å². The monoisotopic (exact) mass is 884 g/mol. The van der Waals surface area contributed by atoms with Gasteiger partial charge in [-0.2, -0.15) is 5.10 Å². The number of imidazole rings is 1. The summed E-state index contributed by atoms with van der Waals surface area (Å²) in [6, 6.07) is 18.7. The number of aromatic amines is 1. The maximum absolute atomic E-state index is 15.5. The number of hydrogen-bond acceptors (Lipinski definition) is 8. The number of nitrogens with zero attached hydrogens (tertiary/aromatic N) is 7. The number of carbonyl (C=O) groups excluding carboxylic acids is 1. The number of halogens is 1. The van der Waals surface area contributed by atoms with Crippen molar-refractivity contribution in [3.05, 3.63) is 139 Å². The van der Waals surface area contributed by atoms with Crippen LogP contribution in [0.4, 0.5) is 4.39 Å². The Balaban J connectivity index is 1.03. The van der Waals surface area contributed by atoms with Crippen LogP contribution in [0.25, 0.3) is 28.1 Å². The van der Waals surface area contributed by atoms with Crippen molar-refractivity contribution in [2.24, 2.45) is 5.92 Å². The second-order valence-electron chi connectivity index (χ2n) is 18.3. The van der Waals surface area contributed by atoms with E-state index in [0.29, 0.717) is 96.2 Å². The van der Waals surface area contributed by atoms with Crippen LogP contribution in [0.3, 0.4) is 0 Å². The molecule has 14 nitrogen and oxygen atoms in total. The summed E-state index contributed by atoms with van der Waals surface area (Å²) >= 11 is 0. The van der Waals surface area contributed by atoms with Gasteiger partial charge in [0, 0.05) is 72.7 Å². The quantitative estimate of drug-likeness (QED) is 0.155. The maximum atomic E-state index is 15.5. The number of fused-ring (bicyclic) bond motifs is 2. The number of benzene rings is 3. The van der Waals surface area contributed by atoms with Crippen LogP contribution in [0, 0.1) is 25.6 Å². The zero-order valence-corrected chi connectivity index (χ0v) is 37.2. The zero-order chi connectivity index (χ0) is 44.2. The molecule has 16 heteroatoms. The van der Waals surface area contributed by atoms with Gasteiger partial charge in [-0.05, 0) is 136 Å². The standard InChI is InChI=1S/C48H50FN8O6P/c1-28-23-36(24-29(2)42(28)49)57-43(55-18-17-54(47(55)60)35-8-10-37(11-9-35)64(61)21-5-6-22-64)41-31(4)53(16-13-38(41)51-57)44(58)40-26-34-25-33(32-14-19-62-20-15-32)7-12-39(34)56(40)48(27-30(48)3)45-50-46(59)63-52-45/h7-12,17-18,23-26,30-32H,5-6,13-16,19-22,27H2,1-4H3,(H,50,52,59). The van der Waals surface area contributed by atoms with Crippen molar-refractivity contribution in [1.29, 1.82) is 0 Å². The average molecular weight is 885 g/mol. The number of hydrogen-bond donors (Lipinski definition) is 1. The summed E-state index contributed by atoms with van der Waals surface area (Å²) in [7, 11) is -2.42.